The Morgan fingerprint density at radius 3 is 2.52 bits per heavy atom. The number of unbranched alkanes of at least 4 members (excludes halogenated alkanes) is 2. The van der Waals surface area contributed by atoms with E-state index in [0.717, 1.165) is 36.1 Å². The number of rotatable bonds is 9. The lowest BCUT2D eigenvalue weighted by Crippen LogP contribution is -2.23. The number of hydrogen-bond donors (Lipinski definition) is 0. The predicted molar refractivity (Wildman–Crippen MR) is 134 cm³/mol. The second kappa shape index (κ2) is 10.5. The van der Waals surface area contributed by atoms with Gasteiger partial charge in [-0.25, -0.2) is 4.98 Å². The number of para-hydroxylation sites is 1. The molecule has 0 fully saturated rings. The second-order valence-corrected chi connectivity index (χ2v) is 8.39. The van der Waals surface area contributed by atoms with Crippen LogP contribution >= 0.6 is 11.6 Å². The molecule has 0 aliphatic carbocycles. The number of methoxy groups -OCH3 is 1. The van der Waals surface area contributed by atoms with E-state index in [4.69, 9.17) is 26.1 Å². The van der Waals surface area contributed by atoms with Crippen molar-refractivity contribution in [1.82, 2.24) is 9.55 Å². The molecule has 170 valence electrons. The number of hydrogen-bond acceptors (Lipinski definition) is 4. The third-order valence-electron chi connectivity index (χ3n) is 5.58. The van der Waals surface area contributed by atoms with Crippen LogP contribution < -0.4 is 15.0 Å². The van der Waals surface area contributed by atoms with E-state index < -0.39 is 0 Å². The summed E-state index contributed by atoms with van der Waals surface area (Å²) in [5.41, 5.74) is 2.67. The van der Waals surface area contributed by atoms with Crippen LogP contribution in [-0.2, 0) is 6.54 Å². The van der Waals surface area contributed by atoms with E-state index in [0.29, 0.717) is 40.7 Å². The van der Waals surface area contributed by atoms with Gasteiger partial charge >= 0.3 is 0 Å². The first-order chi connectivity index (χ1) is 16.1. The van der Waals surface area contributed by atoms with Crippen LogP contribution in [0.2, 0.25) is 5.02 Å². The van der Waals surface area contributed by atoms with Crippen molar-refractivity contribution in [2.45, 2.75) is 32.7 Å². The van der Waals surface area contributed by atoms with Crippen molar-refractivity contribution in [3.05, 3.63) is 87.7 Å². The lowest BCUT2D eigenvalue weighted by Gasteiger charge is -2.14. The fraction of sp³-hybridized carbons (Fsp3) is 0.259. The SMILES string of the molecule is COc1ccc(-c2nc3ccccc3c(=O)n2CCCCCOc2ccc(C)cc2Cl)cc1. The van der Waals surface area contributed by atoms with Gasteiger partial charge in [-0.1, -0.05) is 29.8 Å². The van der Waals surface area contributed by atoms with Crippen molar-refractivity contribution >= 4 is 22.5 Å². The molecule has 4 rings (SSSR count). The first-order valence-corrected chi connectivity index (χ1v) is 11.5. The molecule has 4 aromatic rings. The summed E-state index contributed by atoms with van der Waals surface area (Å²) in [6, 6.07) is 20.9. The van der Waals surface area contributed by atoms with Crippen molar-refractivity contribution in [2.24, 2.45) is 0 Å². The van der Waals surface area contributed by atoms with Crippen molar-refractivity contribution in [2.75, 3.05) is 13.7 Å². The van der Waals surface area contributed by atoms with Crippen LogP contribution in [-0.4, -0.2) is 23.3 Å². The Balaban J connectivity index is 1.46. The first-order valence-electron chi connectivity index (χ1n) is 11.1. The molecule has 5 nitrogen and oxygen atoms in total. The first kappa shape index (κ1) is 22.9. The smallest absolute Gasteiger partial charge is 0.261 e. The minimum atomic E-state index is -0.0193. The number of ether oxygens (including phenoxy) is 2. The maximum atomic E-state index is 13.3. The molecule has 0 radical (unpaired) electrons. The maximum Gasteiger partial charge on any atom is 0.261 e. The maximum absolute atomic E-state index is 13.3. The van der Waals surface area contributed by atoms with Gasteiger partial charge in [-0.15, -0.1) is 0 Å². The van der Waals surface area contributed by atoms with Crippen LogP contribution in [0.5, 0.6) is 11.5 Å². The van der Waals surface area contributed by atoms with Gasteiger partial charge < -0.3 is 9.47 Å². The summed E-state index contributed by atoms with van der Waals surface area (Å²) in [5, 5.41) is 1.26. The molecule has 0 spiro atoms. The Kier molecular flexibility index (Phi) is 7.30. The van der Waals surface area contributed by atoms with E-state index in [9.17, 15) is 4.79 Å². The van der Waals surface area contributed by atoms with E-state index in [1.807, 2.05) is 73.7 Å². The molecule has 0 saturated carbocycles. The third-order valence-corrected chi connectivity index (χ3v) is 5.88. The van der Waals surface area contributed by atoms with Crippen LogP contribution in [0.15, 0.2) is 71.5 Å². The standard InChI is InChI=1S/C27H27ClN2O3/c1-19-10-15-25(23(28)18-19)33-17-7-3-6-16-30-26(20-11-13-21(32-2)14-12-20)29-24-9-5-4-8-22(24)27(30)31/h4-5,8-15,18H,3,6-7,16-17H2,1-2H3. The molecule has 0 saturated heterocycles. The molecular formula is C27H27ClN2O3. The Hall–Kier alpha value is -3.31. The van der Waals surface area contributed by atoms with E-state index in [2.05, 4.69) is 0 Å². The molecule has 0 aliphatic heterocycles. The molecule has 1 aromatic heterocycles. The highest BCUT2D eigenvalue weighted by atomic mass is 35.5. The van der Waals surface area contributed by atoms with Gasteiger partial charge in [0.05, 0.1) is 29.6 Å². The molecule has 1 heterocycles. The molecule has 0 atom stereocenters. The lowest BCUT2D eigenvalue weighted by atomic mass is 10.1. The molecule has 0 aliphatic rings. The summed E-state index contributed by atoms with van der Waals surface area (Å²) in [6.45, 7) is 3.17. The zero-order chi connectivity index (χ0) is 23.2. The number of aromatic nitrogens is 2. The minimum Gasteiger partial charge on any atom is -0.497 e. The fourth-order valence-electron chi connectivity index (χ4n) is 3.79. The lowest BCUT2D eigenvalue weighted by molar-refractivity contribution is 0.304. The van der Waals surface area contributed by atoms with Crippen LogP contribution in [0.1, 0.15) is 24.8 Å². The van der Waals surface area contributed by atoms with Gasteiger partial charge in [0.2, 0.25) is 0 Å². The van der Waals surface area contributed by atoms with Crippen molar-refractivity contribution in [3.63, 3.8) is 0 Å². The van der Waals surface area contributed by atoms with Crippen LogP contribution in [0.3, 0.4) is 0 Å². The second-order valence-electron chi connectivity index (χ2n) is 7.98. The molecule has 0 amide bonds. The Morgan fingerprint density at radius 1 is 0.970 bits per heavy atom. The van der Waals surface area contributed by atoms with Gasteiger partial charge in [0.25, 0.3) is 5.56 Å². The number of aryl methyl sites for hydroxylation is 1. The highest BCUT2D eigenvalue weighted by molar-refractivity contribution is 6.32. The molecular weight excluding hydrogens is 436 g/mol. The Bertz CT molecular complexity index is 1300. The van der Waals surface area contributed by atoms with Gasteiger partial charge in [0.15, 0.2) is 0 Å². The summed E-state index contributed by atoms with van der Waals surface area (Å²) in [6.07, 6.45) is 2.64. The summed E-state index contributed by atoms with van der Waals surface area (Å²) < 4.78 is 12.9. The highest BCUT2D eigenvalue weighted by Crippen LogP contribution is 2.25. The normalized spacial score (nSPS) is 11.0. The van der Waals surface area contributed by atoms with Crippen LogP contribution in [0.4, 0.5) is 0 Å². The van der Waals surface area contributed by atoms with Gasteiger partial charge in [0, 0.05) is 12.1 Å². The summed E-state index contributed by atoms with van der Waals surface area (Å²) >= 11 is 6.23. The topological polar surface area (TPSA) is 53.3 Å². The highest BCUT2D eigenvalue weighted by Gasteiger charge is 2.13. The number of nitrogens with zero attached hydrogens (tertiary/aromatic N) is 2. The number of benzene rings is 3. The third kappa shape index (κ3) is 5.37. The minimum absolute atomic E-state index is 0.0193. The van der Waals surface area contributed by atoms with Gasteiger partial charge in [-0.05, 0) is 80.3 Å². The largest absolute Gasteiger partial charge is 0.497 e. The Labute approximate surface area is 198 Å². The number of fused-ring (bicyclic) bond motifs is 1. The van der Waals surface area contributed by atoms with E-state index >= 15 is 0 Å². The molecule has 33 heavy (non-hydrogen) atoms. The molecule has 0 bridgehead atoms. The van der Waals surface area contributed by atoms with Crippen molar-refractivity contribution < 1.29 is 9.47 Å². The monoisotopic (exact) mass is 462 g/mol. The van der Waals surface area contributed by atoms with Gasteiger partial charge in [-0.2, -0.15) is 0 Å². The average molecular weight is 463 g/mol. The zero-order valence-electron chi connectivity index (χ0n) is 18.9. The zero-order valence-corrected chi connectivity index (χ0v) is 19.6. The predicted octanol–water partition coefficient (Wildman–Crippen LogP) is 6.28. The fourth-order valence-corrected chi connectivity index (χ4v) is 4.08. The van der Waals surface area contributed by atoms with Crippen molar-refractivity contribution in [1.29, 1.82) is 0 Å². The molecule has 6 heteroatoms. The molecule has 0 unspecified atom stereocenters. The van der Waals surface area contributed by atoms with Gasteiger partial charge in [0.1, 0.15) is 17.3 Å². The van der Waals surface area contributed by atoms with Crippen LogP contribution in [0.25, 0.3) is 22.3 Å². The summed E-state index contributed by atoms with van der Waals surface area (Å²) in [5.74, 6) is 2.14. The molecule has 3 aromatic carbocycles. The van der Waals surface area contributed by atoms with Gasteiger partial charge in [-0.3, -0.25) is 9.36 Å². The molecule has 0 N–H and O–H groups in total. The van der Waals surface area contributed by atoms with E-state index in [-0.39, 0.29) is 5.56 Å². The quantitative estimate of drug-likeness (QED) is 0.274. The Morgan fingerprint density at radius 2 is 1.76 bits per heavy atom. The van der Waals surface area contributed by atoms with E-state index in [1.54, 1.807) is 11.7 Å². The van der Waals surface area contributed by atoms with Crippen LogP contribution in [0, 0.1) is 6.92 Å². The summed E-state index contributed by atoms with van der Waals surface area (Å²) in [7, 11) is 1.63. The number of halogens is 1. The summed E-state index contributed by atoms with van der Waals surface area (Å²) in [4.78, 5) is 18.1. The van der Waals surface area contributed by atoms with E-state index in [1.165, 1.54) is 0 Å². The van der Waals surface area contributed by atoms with Crippen molar-refractivity contribution in [3.8, 4) is 22.9 Å². The average Bonchev–Trinajstić information content (AvgIpc) is 2.83.